The molecule has 0 unspecified atom stereocenters. The Balaban J connectivity index is 2.62. The van der Waals surface area contributed by atoms with Gasteiger partial charge in [-0.1, -0.05) is 18.2 Å². The van der Waals surface area contributed by atoms with E-state index < -0.39 is 0 Å². The van der Waals surface area contributed by atoms with Crippen molar-refractivity contribution in [3.8, 4) is 0 Å². The van der Waals surface area contributed by atoms with Crippen molar-refractivity contribution >= 4 is 0 Å². The van der Waals surface area contributed by atoms with E-state index in [0.29, 0.717) is 0 Å². The van der Waals surface area contributed by atoms with Gasteiger partial charge in [0.25, 0.3) is 0 Å². The minimum Gasteiger partial charge on any atom is -0.374 e. The summed E-state index contributed by atoms with van der Waals surface area (Å²) in [6.07, 6.45) is 4.05. The van der Waals surface area contributed by atoms with Crippen LogP contribution in [-0.4, -0.2) is 11.4 Å². The molecule has 0 saturated carbocycles. The lowest BCUT2D eigenvalue weighted by atomic mass is 10.2. The number of hydrogen-bond donors (Lipinski definition) is 0. The minimum absolute atomic E-state index is 0.178. The van der Waals surface area contributed by atoms with Crippen LogP contribution < -0.4 is 0 Å². The van der Waals surface area contributed by atoms with Crippen LogP contribution in [0.1, 0.15) is 19.4 Å². The van der Waals surface area contributed by atoms with E-state index in [1.54, 1.807) is 0 Å². The van der Waals surface area contributed by atoms with Gasteiger partial charge in [-0.15, -0.1) is 0 Å². The molecule has 14 heavy (non-hydrogen) atoms. The zero-order chi connectivity index (χ0) is 10.4. The molecule has 76 valence electrons. The molecular formula is C12H16FN. The Morgan fingerprint density at radius 2 is 1.93 bits per heavy atom. The Labute approximate surface area is 84.9 Å². The van der Waals surface area contributed by atoms with E-state index in [9.17, 15) is 4.39 Å². The first-order valence-electron chi connectivity index (χ1n) is 4.87. The molecule has 0 aliphatic carbocycles. The van der Waals surface area contributed by atoms with Crippen LogP contribution in [0.5, 0.6) is 0 Å². The van der Waals surface area contributed by atoms with Crippen molar-refractivity contribution in [3.05, 3.63) is 47.9 Å². The van der Waals surface area contributed by atoms with Gasteiger partial charge in [-0.05, 0) is 37.7 Å². The van der Waals surface area contributed by atoms with Gasteiger partial charge in [0, 0.05) is 13.1 Å². The smallest absolute Gasteiger partial charge is 0.123 e. The van der Waals surface area contributed by atoms with Gasteiger partial charge in [0.2, 0.25) is 0 Å². The van der Waals surface area contributed by atoms with Gasteiger partial charge >= 0.3 is 0 Å². The average Bonchev–Trinajstić information content (AvgIpc) is 2.20. The maximum absolute atomic E-state index is 12.6. The largest absolute Gasteiger partial charge is 0.374 e. The molecular weight excluding hydrogens is 177 g/mol. The van der Waals surface area contributed by atoms with Crippen molar-refractivity contribution in [2.24, 2.45) is 0 Å². The molecule has 0 heterocycles. The van der Waals surface area contributed by atoms with Crippen LogP contribution in [0.3, 0.4) is 0 Å². The molecule has 0 saturated heterocycles. The van der Waals surface area contributed by atoms with Gasteiger partial charge in [0.15, 0.2) is 0 Å². The van der Waals surface area contributed by atoms with Crippen LogP contribution in [0, 0.1) is 5.82 Å². The van der Waals surface area contributed by atoms with Gasteiger partial charge < -0.3 is 4.90 Å². The Bertz CT molecular complexity index is 290. The summed E-state index contributed by atoms with van der Waals surface area (Å²) < 4.78 is 12.6. The molecule has 0 spiro atoms. The van der Waals surface area contributed by atoms with Crippen LogP contribution in [0.15, 0.2) is 36.5 Å². The molecule has 2 heteroatoms. The fraction of sp³-hybridized carbons (Fsp3) is 0.333. The van der Waals surface area contributed by atoms with Crippen molar-refractivity contribution in [3.63, 3.8) is 0 Å². The fourth-order valence-electron chi connectivity index (χ4n) is 1.31. The number of nitrogens with zero attached hydrogens (tertiary/aromatic N) is 1. The predicted molar refractivity (Wildman–Crippen MR) is 57.3 cm³/mol. The summed E-state index contributed by atoms with van der Waals surface area (Å²) in [5.41, 5.74) is 1.13. The summed E-state index contributed by atoms with van der Waals surface area (Å²) in [5, 5.41) is 0. The van der Waals surface area contributed by atoms with Crippen molar-refractivity contribution in [1.29, 1.82) is 0 Å². The van der Waals surface area contributed by atoms with Crippen LogP contribution in [0.2, 0.25) is 0 Å². The highest BCUT2D eigenvalue weighted by atomic mass is 19.1. The molecule has 0 N–H and O–H groups in total. The fourth-order valence-corrected chi connectivity index (χ4v) is 1.31. The van der Waals surface area contributed by atoms with Gasteiger partial charge in [-0.2, -0.15) is 0 Å². The maximum Gasteiger partial charge on any atom is 0.123 e. The second-order valence-electron chi connectivity index (χ2n) is 3.17. The monoisotopic (exact) mass is 193 g/mol. The summed E-state index contributed by atoms with van der Waals surface area (Å²) in [5.74, 6) is -0.178. The van der Waals surface area contributed by atoms with E-state index in [1.807, 2.05) is 31.3 Å². The second kappa shape index (κ2) is 5.43. The van der Waals surface area contributed by atoms with Crippen LogP contribution in [-0.2, 0) is 6.54 Å². The average molecular weight is 193 g/mol. The summed E-state index contributed by atoms with van der Waals surface area (Å²) in [6, 6.07) is 6.64. The molecule has 0 atom stereocenters. The lowest BCUT2D eigenvalue weighted by Gasteiger charge is -2.17. The van der Waals surface area contributed by atoms with Gasteiger partial charge in [0.05, 0.1) is 0 Å². The molecule has 0 bridgehead atoms. The van der Waals surface area contributed by atoms with E-state index in [0.717, 1.165) is 18.7 Å². The summed E-state index contributed by atoms with van der Waals surface area (Å²) in [6.45, 7) is 5.89. The highest BCUT2D eigenvalue weighted by Crippen LogP contribution is 2.06. The normalized spacial score (nSPS) is 10.8. The summed E-state index contributed by atoms with van der Waals surface area (Å²) in [4.78, 5) is 2.17. The number of hydrogen-bond acceptors (Lipinski definition) is 1. The zero-order valence-corrected chi connectivity index (χ0v) is 8.70. The minimum atomic E-state index is -0.178. The topological polar surface area (TPSA) is 3.24 Å². The van der Waals surface area contributed by atoms with Crippen LogP contribution in [0.4, 0.5) is 4.39 Å². The number of halogens is 1. The molecule has 1 aromatic carbocycles. The van der Waals surface area contributed by atoms with Gasteiger partial charge in [-0.25, -0.2) is 4.39 Å². The Morgan fingerprint density at radius 1 is 1.29 bits per heavy atom. The van der Waals surface area contributed by atoms with Crippen molar-refractivity contribution in [1.82, 2.24) is 4.90 Å². The Kier molecular flexibility index (Phi) is 4.17. The van der Waals surface area contributed by atoms with E-state index >= 15 is 0 Å². The molecule has 1 rings (SSSR count). The van der Waals surface area contributed by atoms with E-state index in [-0.39, 0.29) is 5.82 Å². The molecule has 0 amide bonds. The van der Waals surface area contributed by atoms with Gasteiger partial charge in [-0.3, -0.25) is 0 Å². The lowest BCUT2D eigenvalue weighted by molar-refractivity contribution is 0.389. The molecule has 0 radical (unpaired) electrons. The first kappa shape index (κ1) is 10.8. The van der Waals surface area contributed by atoms with Crippen LogP contribution in [0.25, 0.3) is 0 Å². The van der Waals surface area contributed by atoms with Crippen molar-refractivity contribution < 1.29 is 4.39 Å². The molecule has 0 aliphatic rings. The maximum atomic E-state index is 12.6. The summed E-state index contributed by atoms with van der Waals surface area (Å²) >= 11 is 0. The zero-order valence-electron chi connectivity index (χ0n) is 8.70. The highest BCUT2D eigenvalue weighted by Gasteiger charge is 1.98. The van der Waals surface area contributed by atoms with Crippen molar-refractivity contribution in [2.45, 2.75) is 20.4 Å². The third-order valence-electron chi connectivity index (χ3n) is 2.06. The number of benzene rings is 1. The third-order valence-corrected chi connectivity index (χ3v) is 2.06. The number of rotatable bonds is 4. The molecule has 0 aromatic heterocycles. The lowest BCUT2D eigenvalue weighted by Crippen LogP contribution is -2.15. The van der Waals surface area contributed by atoms with Gasteiger partial charge in [0.1, 0.15) is 5.82 Å². The number of allylic oxidation sites excluding steroid dienone is 1. The Hall–Kier alpha value is -1.31. The quantitative estimate of drug-likeness (QED) is 0.710. The van der Waals surface area contributed by atoms with E-state index in [2.05, 4.69) is 11.8 Å². The third kappa shape index (κ3) is 3.21. The standard InChI is InChI=1S/C12H16FN/c1-3-9-14(4-2)10-11-5-7-12(13)8-6-11/h3,5-9H,4,10H2,1-2H3/b9-3-. The summed E-state index contributed by atoms with van der Waals surface area (Å²) in [7, 11) is 0. The Morgan fingerprint density at radius 3 is 2.43 bits per heavy atom. The van der Waals surface area contributed by atoms with Crippen molar-refractivity contribution in [2.75, 3.05) is 6.54 Å². The highest BCUT2D eigenvalue weighted by molar-refractivity contribution is 5.16. The van der Waals surface area contributed by atoms with Crippen LogP contribution >= 0.6 is 0 Å². The van der Waals surface area contributed by atoms with E-state index in [4.69, 9.17) is 0 Å². The molecule has 0 fully saturated rings. The predicted octanol–water partition coefficient (Wildman–Crippen LogP) is 3.18. The SMILES string of the molecule is C/C=C\N(CC)Cc1ccc(F)cc1. The molecule has 1 aromatic rings. The molecule has 1 nitrogen and oxygen atoms in total. The molecule has 0 aliphatic heterocycles. The first-order chi connectivity index (χ1) is 6.76. The second-order valence-corrected chi connectivity index (χ2v) is 3.17. The first-order valence-corrected chi connectivity index (χ1v) is 4.87. The van der Waals surface area contributed by atoms with E-state index in [1.165, 1.54) is 12.1 Å².